The van der Waals surface area contributed by atoms with Crippen LogP contribution in [0.3, 0.4) is 0 Å². The first kappa shape index (κ1) is 18.6. The van der Waals surface area contributed by atoms with E-state index in [2.05, 4.69) is 10.6 Å². The van der Waals surface area contributed by atoms with Gasteiger partial charge in [-0.15, -0.1) is 0 Å². The molecule has 1 aliphatic heterocycles. The summed E-state index contributed by atoms with van der Waals surface area (Å²) in [5.74, 6) is 1.03. The molecule has 0 bridgehead atoms. The predicted octanol–water partition coefficient (Wildman–Crippen LogP) is 2.62. The van der Waals surface area contributed by atoms with Crippen molar-refractivity contribution in [2.45, 2.75) is 13.3 Å². The van der Waals surface area contributed by atoms with Crippen molar-refractivity contribution < 1.29 is 23.8 Å². The number of ether oxygens (including phenoxy) is 3. The lowest BCUT2D eigenvalue weighted by molar-refractivity contribution is -0.115. The molecular weight excluding hydrogens is 348 g/mol. The highest BCUT2D eigenvalue weighted by Gasteiger charge is 2.14. The zero-order valence-electron chi connectivity index (χ0n) is 15.1. The van der Waals surface area contributed by atoms with Crippen LogP contribution in [0.2, 0.25) is 0 Å². The largest absolute Gasteiger partial charge is 0.493 e. The molecule has 2 amide bonds. The smallest absolute Gasteiger partial charge is 0.255 e. The third kappa shape index (κ3) is 4.91. The summed E-state index contributed by atoms with van der Waals surface area (Å²) in [7, 11) is 0. The van der Waals surface area contributed by atoms with E-state index in [1.807, 2.05) is 6.92 Å². The van der Waals surface area contributed by atoms with Crippen molar-refractivity contribution in [3.63, 3.8) is 0 Å². The zero-order valence-corrected chi connectivity index (χ0v) is 15.1. The van der Waals surface area contributed by atoms with Crippen molar-refractivity contribution in [1.82, 2.24) is 5.32 Å². The molecule has 0 saturated heterocycles. The van der Waals surface area contributed by atoms with Crippen LogP contribution in [0.1, 0.15) is 23.7 Å². The maximum absolute atomic E-state index is 12.3. The van der Waals surface area contributed by atoms with Gasteiger partial charge in [-0.25, -0.2) is 0 Å². The highest BCUT2D eigenvalue weighted by molar-refractivity contribution is 6.00. The lowest BCUT2D eigenvalue weighted by Gasteiger charge is -2.12. The Hall–Kier alpha value is -3.22. The van der Waals surface area contributed by atoms with Gasteiger partial charge in [0.15, 0.2) is 11.5 Å². The summed E-state index contributed by atoms with van der Waals surface area (Å²) < 4.78 is 16.6. The van der Waals surface area contributed by atoms with Gasteiger partial charge in [-0.3, -0.25) is 9.59 Å². The van der Waals surface area contributed by atoms with E-state index in [4.69, 9.17) is 14.2 Å². The molecule has 142 valence electrons. The fourth-order valence-corrected chi connectivity index (χ4v) is 2.64. The van der Waals surface area contributed by atoms with Gasteiger partial charge in [-0.05, 0) is 31.2 Å². The maximum Gasteiger partial charge on any atom is 0.255 e. The molecule has 2 N–H and O–H groups in total. The van der Waals surface area contributed by atoms with E-state index in [0.29, 0.717) is 48.3 Å². The second-order valence-corrected chi connectivity index (χ2v) is 5.87. The molecular formula is C20H22N2O5. The number of anilines is 1. The van der Waals surface area contributed by atoms with Crippen LogP contribution >= 0.6 is 0 Å². The van der Waals surface area contributed by atoms with Crippen LogP contribution in [0, 0.1) is 0 Å². The Kier molecular flexibility index (Phi) is 6.14. The molecule has 0 fully saturated rings. The van der Waals surface area contributed by atoms with Gasteiger partial charge >= 0.3 is 0 Å². The van der Waals surface area contributed by atoms with E-state index < -0.39 is 0 Å². The number of nitrogens with one attached hydrogen (secondary N) is 2. The minimum absolute atomic E-state index is 0.159. The molecule has 1 heterocycles. The number of para-hydroxylation sites is 1. The van der Waals surface area contributed by atoms with E-state index in [1.54, 1.807) is 42.5 Å². The average Bonchev–Trinajstić information content (AvgIpc) is 2.92. The van der Waals surface area contributed by atoms with Crippen LogP contribution in [0.25, 0.3) is 0 Å². The monoisotopic (exact) mass is 370 g/mol. The minimum Gasteiger partial charge on any atom is -0.493 e. The van der Waals surface area contributed by atoms with Gasteiger partial charge in [0.1, 0.15) is 5.75 Å². The van der Waals surface area contributed by atoms with Crippen molar-refractivity contribution in [3.05, 3.63) is 48.0 Å². The number of benzene rings is 2. The first-order valence-corrected chi connectivity index (χ1v) is 8.87. The summed E-state index contributed by atoms with van der Waals surface area (Å²) in [6.45, 7) is 3.31. The van der Waals surface area contributed by atoms with Crippen molar-refractivity contribution in [1.29, 1.82) is 0 Å². The minimum atomic E-state index is -0.368. The van der Waals surface area contributed by atoms with Gasteiger partial charge in [0.05, 0.1) is 31.9 Å². The second kappa shape index (κ2) is 8.93. The molecule has 27 heavy (non-hydrogen) atoms. The summed E-state index contributed by atoms with van der Waals surface area (Å²) in [4.78, 5) is 24.5. The first-order valence-electron chi connectivity index (χ1n) is 8.87. The average molecular weight is 370 g/mol. The Morgan fingerprint density at radius 3 is 2.67 bits per heavy atom. The number of fused-ring (bicyclic) bond motifs is 1. The number of amides is 2. The molecule has 1 aliphatic rings. The predicted molar refractivity (Wildman–Crippen MR) is 101 cm³/mol. The van der Waals surface area contributed by atoms with Gasteiger partial charge < -0.3 is 24.8 Å². The van der Waals surface area contributed by atoms with E-state index in [-0.39, 0.29) is 18.4 Å². The molecule has 2 aromatic rings. The quantitative estimate of drug-likeness (QED) is 0.816. The lowest BCUT2D eigenvalue weighted by Crippen LogP contribution is -2.33. The van der Waals surface area contributed by atoms with E-state index in [0.717, 1.165) is 6.42 Å². The van der Waals surface area contributed by atoms with Gasteiger partial charge in [-0.1, -0.05) is 12.1 Å². The number of carbonyl (C=O) groups excluding carboxylic acids is 2. The molecule has 0 unspecified atom stereocenters. The molecule has 7 heteroatoms. The third-order valence-corrected chi connectivity index (χ3v) is 3.87. The first-order chi connectivity index (χ1) is 13.2. The number of carbonyl (C=O) groups is 2. The van der Waals surface area contributed by atoms with E-state index in [1.165, 1.54) is 0 Å². The van der Waals surface area contributed by atoms with Crippen molar-refractivity contribution >= 4 is 17.5 Å². The van der Waals surface area contributed by atoms with Crippen LogP contribution < -0.4 is 24.8 Å². The van der Waals surface area contributed by atoms with Gasteiger partial charge in [-0.2, -0.15) is 0 Å². The standard InChI is InChI=1S/C20H22N2O5/c1-2-25-16-7-4-3-6-15(16)20(24)21-13-19(23)22-14-8-9-17-18(12-14)27-11-5-10-26-17/h3-4,6-9,12H,2,5,10-11,13H2,1H3,(H,21,24)(H,22,23). The van der Waals surface area contributed by atoms with Crippen LogP contribution in [-0.4, -0.2) is 38.2 Å². The summed E-state index contributed by atoms with van der Waals surface area (Å²) in [5.41, 5.74) is 0.968. The van der Waals surface area contributed by atoms with Crippen molar-refractivity contribution in [3.8, 4) is 17.2 Å². The molecule has 0 radical (unpaired) electrons. The van der Waals surface area contributed by atoms with Crippen molar-refractivity contribution in [2.24, 2.45) is 0 Å². The normalized spacial score (nSPS) is 12.6. The lowest BCUT2D eigenvalue weighted by atomic mass is 10.2. The summed E-state index contributed by atoms with van der Waals surface area (Å²) in [6, 6.07) is 12.1. The van der Waals surface area contributed by atoms with Crippen LogP contribution in [0.5, 0.6) is 17.2 Å². The summed E-state index contributed by atoms with van der Waals surface area (Å²) in [6.07, 6.45) is 0.811. The Morgan fingerprint density at radius 1 is 1.07 bits per heavy atom. The molecule has 0 aromatic heterocycles. The highest BCUT2D eigenvalue weighted by Crippen LogP contribution is 2.32. The molecule has 0 aliphatic carbocycles. The zero-order chi connectivity index (χ0) is 19.1. The summed E-state index contributed by atoms with van der Waals surface area (Å²) in [5, 5.41) is 5.34. The Morgan fingerprint density at radius 2 is 1.85 bits per heavy atom. The van der Waals surface area contributed by atoms with Gasteiger partial charge in [0.25, 0.3) is 5.91 Å². The molecule has 7 nitrogen and oxygen atoms in total. The van der Waals surface area contributed by atoms with E-state index >= 15 is 0 Å². The van der Waals surface area contributed by atoms with Gasteiger partial charge in [0, 0.05) is 18.2 Å². The molecule has 0 spiro atoms. The fraction of sp³-hybridized carbons (Fsp3) is 0.300. The number of rotatable bonds is 6. The van der Waals surface area contributed by atoms with Crippen molar-refractivity contribution in [2.75, 3.05) is 31.7 Å². The van der Waals surface area contributed by atoms with Crippen LogP contribution in [0.15, 0.2) is 42.5 Å². The number of hydrogen-bond acceptors (Lipinski definition) is 5. The Balaban J connectivity index is 1.57. The van der Waals surface area contributed by atoms with Crippen LogP contribution in [-0.2, 0) is 4.79 Å². The maximum atomic E-state index is 12.3. The SMILES string of the molecule is CCOc1ccccc1C(=O)NCC(=O)Nc1ccc2c(c1)OCCCO2. The Labute approximate surface area is 157 Å². The fourth-order valence-electron chi connectivity index (χ4n) is 2.64. The van der Waals surface area contributed by atoms with E-state index in [9.17, 15) is 9.59 Å². The van der Waals surface area contributed by atoms with Crippen LogP contribution in [0.4, 0.5) is 5.69 Å². The third-order valence-electron chi connectivity index (χ3n) is 3.87. The summed E-state index contributed by atoms with van der Waals surface area (Å²) >= 11 is 0. The molecule has 3 rings (SSSR count). The Bertz CT molecular complexity index is 822. The second-order valence-electron chi connectivity index (χ2n) is 5.87. The molecule has 0 saturated carbocycles. The topological polar surface area (TPSA) is 85.9 Å². The van der Waals surface area contributed by atoms with Gasteiger partial charge in [0.2, 0.25) is 5.91 Å². The molecule has 2 aromatic carbocycles. The highest BCUT2D eigenvalue weighted by atomic mass is 16.5. The number of hydrogen-bond donors (Lipinski definition) is 2. The molecule has 0 atom stereocenters.